The number of unbranched alkanes of at least 4 members (excludes halogenated alkanes) is 4. The zero-order chi connectivity index (χ0) is 20.1. The van der Waals surface area contributed by atoms with E-state index in [0.717, 1.165) is 62.5 Å². The van der Waals surface area contributed by atoms with Gasteiger partial charge in [-0.15, -0.1) is 0 Å². The van der Waals surface area contributed by atoms with Crippen LogP contribution in [0.4, 0.5) is 0 Å². The molecule has 1 aromatic heterocycles. The number of aromatic carboxylic acids is 1. The first-order chi connectivity index (χ1) is 13.5. The number of carboxylic acid groups (broad SMARTS) is 1. The predicted molar refractivity (Wildman–Crippen MR) is 113 cm³/mol. The molecule has 28 heavy (non-hydrogen) atoms. The summed E-state index contributed by atoms with van der Waals surface area (Å²) in [5.41, 5.74) is 3.29. The molecule has 0 unspecified atom stereocenters. The molecular formula is C24H28O4. The molecule has 0 spiro atoms. The van der Waals surface area contributed by atoms with Gasteiger partial charge in [0, 0.05) is 0 Å². The smallest absolute Gasteiger partial charge is 0.335 e. The van der Waals surface area contributed by atoms with Gasteiger partial charge in [-0.3, -0.25) is 4.79 Å². The monoisotopic (exact) mass is 380 g/mol. The van der Waals surface area contributed by atoms with Crippen LogP contribution in [0.5, 0.6) is 0 Å². The molecule has 1 heterocycles. The van der Waals surface area contributed by atoms with E-state index in [2.05, 4.69) is 19.9 Å². The van der Waals surface area contributed by atoms with Crippen molar-refractivity contribution in [1.29, 1.82) is 0 Å². The van der Waals surface area contributed by atoms with E-state index >= 15 is 0 Å². The molecule has 0 aliphatic heterocycles. The zero-order valence-corrected chi connectivity index (χ0v) is 16.7. The molecule has 2 aromatic carbocycles. The highest BCUT2D eigenvalue weighted by Crippen LogP contribution is 2.26. The molecule has 0 fully saturated rings. The Kier molecular flexibility index (Phi) is 6.50. The SMILES string of the molecule is CCCCCc1cc(CCCCC)c2oc3ccc(C(=O)O)cc3c(=O)c2c1. The van der Waals surface area contributed by atoms with Gasteiger partial charge in [-0.25, -0.2) is 4.79 Å². The second-order valence-electron chi connectivity index (χ2n) is 7.49. The van der Waals surface area contributed by atoms with Crippen molar-refractivity contribution in [2.24, 2.45) is 0 Å². The fraction of sp³-hybridized carbons (Fsp3) is 0.417. The first kappa shape index (κ1) is 20.1. The lowest BCUT2D eigenvalue weighted by molar-refractivity contribution is 0.0697. The van der Waals surface area contributed by atoms with Crippen molar-refractivity contribution in [3.63, 3.8) is 0 Å². The van der Waals surface area contributed by atoms with E-state index < -0.39 is 5.97 Å². The number of hydrogen-bond acceptors (Lipinski definition) is 3. The van der Waals surface area contributed by atoms with E-state index in [9.17, 15) is 14.7 Å². The van der Waals surface area contributed by atoms with Gasteiger partial charge in [0.05, 0.1) is 16.3 Å². The molecule has 3 aromatic rings. The molecular weight excluding hydrogens is 352 g/mol. The second-order valence-corrected chi connectivity index (χ2v) is 7.49. The second kappa shape index (κ2) is 9.05. The molecule has 0 amide bonds. The number of carbonyl (C=O) groups is 1. The Bertz CT molecular complexity index is 1050. The van der Waals surface area contributed by atoms with Gasteiger partial charge >= 0.3 is 5.97 Å². The quantitative estimate of drug-likeness (QED) is 0.359. The highest BCUT2D eigenvalue weighted by Gasteiger charge is 2.15. The third-order valence-corrected chi connectivity index (χ3v) is 5.27. The number of hydrogen-bond donors (Lipinski definition) is 1. The molecule has 4 nitrogen and oxygen atoms in total. The number of carboxylic acids is 1. The van der Waals surface area contributed by atoms with Crippen LogP contribution in [0.25, 0.3) is 21.9 Å². The van der Waals surface area contributed by atoms with Gasteiger partial charge in [0.15, 0.2) is 0 Å². The lowest BCUT2D eigenvalue weighted by Gasteiger charge is -2.11. The van der Waals surface area contributed by atoms with Gasteiger partial charge in [-0.05, 0) is 61.1 Å². The van der Waals surface area contributed by atoms with Crippen LogP contribution in [-0.4, -0.2) is 11.1 Å². The Hall–Kier alpha value is -2.62. The molecule has 0 atom stereocenters. The summed E-state index contributed by atoms with van der Waals surface area (Å²) in [5.74, 6) is -1.05. The summed E-state index contributed by atoms with van der Waals surface area (Å²) in [5, 5.41) is 10.1. The first-order valence-corrected chi connectivity index (χ1v) is 10.3. The molecule has 0 saturated heterocycles. The lowest BCUT2D eigenvalue weighted by atomic mass is 9.97. The first-order valence-electron chi connectivity index (χ1n) is 10.3. The molecule has 0 radical (unpaired) electrons. The zero-order valence-electron chi connectivity index (χ0n) is 16.7. The van der Waals surface area contributed by atoms with E-state index in [4.69, 9.17) is 4.42 Å². The summed E-state index contributed by atoms with van der Waals surface area (Å²) in [7, 11) is 0. The fourth-order valence-electron chi connectivity index (χ4n) is 3.70. The molecule has 0 aliphatic carbocycles. The number of fused-ring (bicyclic) bond motifs is 2. The Morgan fingerprint density at radius 2 is 1.64 bits per heavy atom. The van der Waals surface area contributed by atoms with E-state index in [1.165, 1.54) is 12.1 Å². The highest BCUT2D eigenvalue weighted by molar-refractivity contribution is 5.96. The summed E-state index contributed by atoms with van der Waals surface area (Å²) in [6.45, 7) is 4.35. The Labute approximate surface area is 165 Å². The van der Waals surface area contributed by atoms with Crippen molar-refractivity contribution in [3.8, 4) is 0 Å². The van der Waals surface area contributed by atoms with Gasteiger partial charge < -0.3 is 9.52 Å². The predicted octanol–water partition coefficient (Wildman–Crippen LogP) is 6.11. The van der Waals surface area contributed by atoms with Crippen molar-refractivity contribution in [2.45, 2.75) is 65.2 Å². The summed E-state index contributed by atoms with van der Waals surface area (Å²) < 4.78 is 6.11. The minimum absolute atomic E-state index is 0.0985. The largest absolute Gasteiger partial charge is 0.478 e. The van der Waals surface area contributed by atoms with Crippen LogP contribution in [0.15, 0.2) is 39.5 Å². The molecule has 0 saturated carbocycles. The van der Waals surface area contributed by atoms with Crippen molar-refractivity contribution in [3.05, 3.63) is 57.2 Å². The minimum Gasteiger partial charge on any atom is -0.478 e. The number of benzene rings is 2. The van der Waals surface area contributed by atoms with Gasteiger partial charge in [0.25, 0.3) is 0 Å². The normalized spacial score (nSPS) is 11.4. The van der Waals surface area contributed by atoms with Crippen molar-refractivity contribution >= 4 is 27.9 Å². The standard InChI is InChI=1S/C24H28O4/c1-3-5-7-9-16-13-17(10-8-6-4-2)23-20(14-16)22(25)19-15-18(24(26)27)11-12-21(19)28-23/h11-15H,3-10H2,1-2H3,(H,26,27). The number of rotatable bonds is 9. The maximum Gasteiger partial charge on any atom is 0.335 e. The highest BCUT2D eigenvalue weighted by atomic mass is 16.4. The van der Waals surface area contributed by atoms with Gasteiger partial charge in [-0.2, -0.15) is 0 Å². The van der Waals surface area contributed by atoms with E-state index in [-0.39, 0.29) is 11.0 Å². The number of aryl methyl sites for hydroxylation is 2. The summed E-state index contributed by atoms with van der Waals surface area (Å²) in [6.07, 6.45) is 8.58. The average molecular weight is 380 g/mol. The maximum atomic E-state index is 13.2. The Morgan fingerprint density at radius 1 is 0.929 bits per heavy atom. The molecule has 1 N–H and O–H groups in total. The van der Waals surface area contributed by atoms with Crippen LogP contribution in [0.2, 0.25) is 0 Å². The van der Waals surface area contributed by atoms with Crippen LogP contribution >= 0.6 is 0 Å². The molecule has 0 aliphatic rings. The van der Waals surface area contributed by atoms with Crippen LogP contribution in [0, 0.1) is 0 Å². The van der Waals surface area contributed by atoms with E-state index in [1.807, 2.05) is 6.07 Å². The topological polar surface area (TPSA) is 67.5 Å². The van der Waals surface area contributed by atoms with Crippen LogP contribution in [0.1, 0.15) is 73.9 Å². The van der Waals surface area contributed by atoms with Crippen LogP contribution in [0.3, 0.4) is 0 Å². The van der Waals surface area contributed by atoms with Crippen molar-refractivity contribution in [1.82, 2.24) is 0 Å². The average Bonchev–Trinajstić information content (AvgIpc) is 2.69. The lowest BCUT2D eigenvalue weighted by Crippen LogP contribution is -2.07. The summed E-state index contributed by atoms with van der Waals surface area (Å²) in [6, 6.07) is 8.62. The minimum atomic E-state index is -1.05. The van der Waals surface area contributed by atoms with Crippen LogP contribution in [-0.2, 0) is 12.8 Å². The molecule has 4 heteroatoms. The molecule has 3 rings (SSSR count). The van der Waals surface area contributed by atoms with Crippen molar-refractivity contribution < 1.29 is 14.3 Å². The van der Waals surface area contributed by atoms with Gasteiger partial charge in [0.2, 0.25) is 5.43 Å². The Balaban J connectivity index is 2.17. The maximum absolute atomic E-state index is 13.2. The molecule has 0 bridgehead atoms. The Morgan fingerprint density at radius 3 is 2.32 bits per heavy atom. The van der Waals surface area contributed by atoms with E-state index in [1.54, 1.807) is 6.07 Å². The van der Waals surface area contributed by atoms with Crippen LogP contribution < -0.4 is 5.43 Å². The summed E-state index contributed by atoms with van der Waals surface area (Å²) in [4.78, 5) is 24.5. The third kappa shape index (κ3) is 4.27. The third-order valence-electron chi connectivity index (χ3n) is 5.27. The fourth-order valence-corrected chi connectivity index (χ4v) is 3.70. The molecule has 148 valence electrons. The van der Waals surface area contributed by atoms with Crippen molar-refractivity contribution in [2.75, 3.05) is 0 Å². The van der Waals surface area contributed by atoms with Gasteiger partial charge in [-0.1, -0.05) is 45.6 Å². The van der Waals surface area contributed by atoms with Gasteiger partial charge in [0.1, 0.15) is 11.2 Å². The van der Waals surface area contributed by atoms with E-state index in [0.29, 0.717) is 21.9 Å². The summed E-state index contributed by atoms with van der Waals surface area (Å²) >= 11 is 0.